The second-order valence-electron chi connectivity index (χ2n) is 7.00. The van der Waals surface area contributed by atoms with Gasteiger partial charge >= 0.3 is 0 Å². The molecule has 0 spiro atoms. The number of hydrogen-bond donors (Lipinski definition) is 2. The fourth-order valence-electron chi connectivity index (χ4n) is 3.51. The molecule has 0 aliphatic carbocycles. The third-order valence-corrected chi connectivity index (χ3v) is 5.06. The zero-order chi connectivity index (χ0) is 17.5. The Labute approximate surface area is 149 Å². The Morgan fingerprint density at radius 1 is 1.28 bits per heavy atom. The van der Waals surface area contributed by atoms with Gasteiger partial charge in [-0.05, 0) is 60.7 Å². The number of hydrogen-bond acceptors (Lipinski definition) is 3. The van der Waals surface area contributed by atoms with E-state index in [9.17, 15) is 4.79 Å². The maximum absolute atomic E-state index is 12.1. The van der Waals surface area contributed by atoms with E-state index in [-0.39, 0.29) is 5.91 Å². The number of carbonyl (C=O) groups is 1. The molecule has 2 unspecified atom stereocenters. The fourth-order valence-corrected chi connectivity index (χ4v) is 3.51. The van der Waals surface area contributed by atoms with Crippen LogP contribution in [0.4, 0.5) is 0 Å². The number of ether oxygens (including phenoxy) is 1. The number of benzene rings is 2. The van der Waals surface area contributed by atoms with Gasteiger partial charge in [-0.1, -0.05) is 37.3 Å². The molecule has 0 radical (unpaired) electrons. The highest BCUT2D eigenvalue weighted by atomic mass is 16.5. The molecule has 1 heterocycles. The smallest absolute Gasteiger partial charge is 0.220 e. The maximum atomic E-state index is 12.1. The number of rotatable bonds is 7. The van der Waals surface area contributed by atoms with Crippen LogP contribution in [0.25, 0.3) is 10.8 Å². The van der Waals surface area contributed by atoms with Gasteiger partial charge in [-0.25, -0.2) is 0 Å². The lowest BCUT2D eigenvalue weighted by molar-refractivity contribution is -0.122. The molecule has 4 nitrogen and oxygen atoms in total. The minimum atomic E-state index is 0.125. The van der Waals surface area contributed by atoms with Crippen LogP contribution in [-0.2, 0) is 4.79 Å². The van der Waals surface area contributed by atoms with E-state index in [0.717, 1.165) is 18.8 Å². The average Bonchev–Trinajstić information content (AvgIpc) is 2.66. The van der Waals surface area contributed by atoms with Gasteiger partial charge in [0, 0.05) is 6.42 Å². The summed E-state index contributed by atoms with van der Waals surface area (Å²) >= 11 is 0. The number of nitrogens with one attached hydrogen (secondary N) is 2. The summed E-state index contributed by atoms with van der Waals surface area (Å²) in [5.74, 6) is 2.01. The van der Waals surface area contributed by atoms with E-state index in [1.54, 1.807) is 0 Å². The zero-order valence-electron chi connectivity index (χ0n) is 15.0. The third kappa shape index (κ3) is 5.20. The monoisotopic (exact) mass is 340 g/mol. The van der Waals surface area contributed by atoms with Crippen molar-refractivity contribution in [2.24, 2.45) is 11.8 Å². The first-order chi connectivity index (χ1) is 12.2. The van der Waals surface area contributed by atoms with Crippen molar-refractivity contribution >= 4 is 16.7 Å². The number of piperidine rings is 1. The highest BCUT2D eigenvalue weighted by molar-refractivity contribution is 5.83. The highest BCUT2D eigenvalue weighted by Crippen LogP contribution is 2.22. The number of amides is 1. The van der Waals surface area contributed by atoms with Crippen molar-refractivity contribution in [1.82, 2.24) is 10.6 Å². The summed E-state index contributed by atoms with van der Waals surface area (Å²) in [6.07, 6.45) is 3.05. The van der Waals surface area contributed by atoms with E-state index in [0.29, 0.717) is 31.4 Å². The molecule has 0 saturated carbocycles. The van der Waals surface area contributed by atoms with Crippen molar-refractivity contribution in [3.8, 4) is 5.75 Å². The van der Waals surface area contributed by atoms with Crippen molar-refractivity contribution in [1.29, 1.82) is 0 Å². The van der Waals surface area contributed by atoms with E-state index in [4.69, 9.17) is 4.74 Å². The summed E-state index contributed by atoms with van der Waals surface area (Å²) in [6.45, 7) is 5.37. The average molecular weight is 340 g/mol. The van der Waals surface area contributed by atoms with E-state index in [1.165, 1.54) is 23.6 Å². The lowest BCUT2D eigenvalue weighted by Crippen LogP contribution is -2.36. The van der Waals surface area contributed by atoms with Crippen molar-refractivity contribution in [2.45, 2.75) is 26.2 Å². The van der Waals surface area contributed by atoms with Gasteiger partial charge in [0.2, 0.25) is 5.91 Å². The number of fused-ring (bicyclic) bond motifs is 1. The topological polar surface area (TPSA) is 50.4 Å². The predicted octanol–water partition coefficient (Wildman–Crippen LogP) is 3.36. The molecule has 0 aromatic heterocycles. The summed E-state index contributed by atoms with van der Waals surface area (Å²) in [5.41, 5.74) is 0. The molecule has 2 aromatic rings. The molecule has 4 heteroatoms. The van der Waals surface area contributed by atoms with Crippen LogP contribution in [-0.4, -0.2) is 32.1 Å². The first kappa shape index (κ1) is 17.7. The summed E-state index contributed by atoms with van der Waals surface area (Å²) in [7, 11) is 0. The van der Waals surface area contributed by atoms with Crippen LogP contribution in [0.15, 0.2) is 42.5 Å². The number of carbonyl (C=O) groups excluding carboxylic acids is 1. The Kier molecular flexibility index (Phi) is 6.29. The molecular weight excluding hydrogens is 312 g/mol. The molecular formula is C21H28N2O2. The second-order valence-corrected chi connectivity index (χ2v) is 7.00. The SMILES string of the molecule is CC(CC(=O)NCCOc1ccc2ccccc2c1)C1CCCNC1. The van der Waals surface area contributed by atoms with E-state index in [2.05, 4.69) is 35.8 Å². The molecule has 3 rings (SSSR count). The van der Waals surface area contributed by atoms with Crippen LogP contribution >= 0.6 is 0 Å². The van der Waals surface area contributed by atoms with Gasteiger partial charge < -0.3 is 15.4 Å². The van der Waals surface area contributed by atoms with Crippen LogP contribution in [0, 0.1) is 11.8 Å². The van der Waals surface area contributed by atoms with Crippen molar-refractivity contribution < 1.29 is 9.53 Å². The molecule has 134 valence electrons. The van der Waals surface area contributed by atoms with Crippen LogP contribution < -0.4 is 15.4 Å². The maximum Gasteiger partial charge on any atom is 0.220 e. The Hall–Kier alpha value is -2.07. The Bertz CT molecular complexity index is 695. The molecule has 1 fully saturated rings. The molecule has 1 aliphatic heterocycles. The Morgan fingerprint density at radius 3 is 2.92 bits per heavy atom. The van der Waals surface area contributed by atoms with Gasteiger partial charge in [0.25, 0.3) is 0 Å². The van der Waals surface area contributed by atoms with E-state index >= 15 is 0 Å². The van der Waals surface area contributed by atoms with Crippen LogP contribution in [0.2, 0.25) is 0 Å². The second kappa shape index (κ2) is 8.86. The third-order valence-electron chi connectivity index (χ3n) is 5.06. The first-order valence-electron chi connectivity index (χ1n) is 9.31. The quantitative estimate of drug-likeness (QED) is 0.760. The van der Waals surface area contributed by atoms with Gasteiger partial charge in [-0.15, -0.1) is 0 Å². The molecule has 25 heavy (non-hydrogen) atoms. The van der Waals surface area contributed by atoms with Gasteiger partial charge in [-0.3, -0.25) is 4.79 Å². The summed E-state index contributed by atoms with van der Waals surface area (Å²) in [5, 5.41) is 8.76. The van der Waals surface area contributed by atoms with Crippen molar-refractivity contribution in [2.75, 3.05) is 26.2 Å². The molecule has 0 bridgehead atoms. The summed E-state index contributed by atoms with van der Waals surface area (Å²) < 4.78 is 5.76. The lowest BCUT2D eigenvalue weighted by Gasteiger charge is -2.28. The van der Waals surface area contributed by atoms with Gasteiger partial charge in [0.05, 0.1) is 6.54 Å². The van der Waals surface area contributed by atoms with Crippen molar-refractivity contribution in [3.63, 3.8) is 0 Å². The predicted molar refractivity (Wildman–Crippen MR) is 102 cm³/mol. The van der Waals surface area contributed by atoms with E-state index in [1.807, 2.05) is 24.3 Å². The molecule has 2 N–H and O–H groups in total. The first-order valence-corrected chi connectivity index (χ1v) is 9.31. The summed E-state index contributed by atoms with van der Waals surface area (Å²) in [6, 6.07) is 14.3. The van der Waals surface area contributed by atoms with Crippen LogP contribution in [0.1, 0.15) is 26.2 Å². The minimum Gasteiger partial charge on any atom is -0.492 e. The zero-order valence-corrected chi connectivity index (χ0v) is 15.0. The largest absolute Gasteiger partial charge is 0.492 e. The standard InChI is InChI=1S/C21H28N2O2/c1-16(19-7-4-10-22-15-19)13-21(24)23-11-12-25-20-9-8-17-5-2-3-6-18(17)14-20/h2-3,5-6,8-9,14,16,19,22H,4,7,10-13,15H2,1H3,(H,23,24). The highest BCUT2D eigenvalue weighted by Gasteiger charge is 2.21. The Morgan fingerprint density at radius 2 is 2.12 bits per heavy atom. The molecule has 1 amide bonds. The Balaban J connectivity index is 1.37. The molecule has 1 aliphatic rings. The van der Waals surface area contributed by atoms with Gasteiger partial charge in [0.15, 0.2) is 0 Å². The van der Waals surface area contributed by atoms with Crippen LogP contribution in [0.5, 0.6) is 5.75 Å². The molecule has 2 atom stereocenters. The lowest BCUT2D eigenvalue weighted by atomic mass is 9.85. The van der Waals surface area contributed by atoms with E-state index < -0.39 is 0 Å². The summed E-state index contributed by atoms with van der Waals surface area (Å²) in [4.78, 5) is 12.1. The fraction of sp³-hybridized carbons (Fsp3) is 0.476. The molecule has 1 saturated heterocycles. The van der Waals surface area contributed by atoms with Gasteiger partial charge in [0.1, 0.15) is 12.4 Å². The minimum absolute atomic E-state index is 0.125. The van der Waals surface area contributed by atoms with Crippen LogP contribution in [0.3, 0.4) is 0 Å². The van der Waals surface area contributed by atoms with Gasteiger partial charge in [-0.2, -0.15) is 0 Å². The van der Waals surface area contributed by atoms with Crippen molar-refractivity contribution in [3.05, 3.63) is 42.5 Å². The normalized spacial score (nSPS) is 18.7. The molecule has 2 aromatic carbocycles.